The highest BCUT2D eigenvalue weighted by atomic mass is 16.3. The quantitative estimate of drug-likeness (QED) is 0.305. The van der Waals surface area contributed by atoms with Crippen molar-refractivity contribution >= 4 is 40.8 Å². The lowest BCUT2D eigenvalue weighted by Crippen LogP contribution is -2.58. The number of likely N-dealkylation sites (tertiary alicyclic amines) is 1. The van der Waals surface area contributed by atoms with Crippen LogP contribution in [0.1, 0.15) is 59.2 Å². The van der Waals surface area contributed by atoms with Crippen LogP contribution in [-0.4, -0.2) is 131 Å². The number of aromatic nitrogens is 2. The highest BCUT2D eigenvalue weighted by molar-refractivity contribution is 6.23. The average molecular weight is 746 g/mol. The second-order valence-electron chi connectivity index (χ2n) is 16.7. The molecule has 4 unspecified atom stereocenters. The zero-order chi connectivity index (χ0) is 37.4. The Morgan fingerprint density at radius 2 is 1.64 bits per heavy atom. The summed E-state index contributed by atoms with van der Waals surface area (Å²) in [5.41, 5.74) is 4.06. The van der Waals surface area contributed by atoms with E-state index in [0.29, 0.717) is 40.4 Å². The molecule has 1 saturated carbocycles. The van der Waals surface area contributed by atoms with Gasteiger partial charge >= 0.3 is 0 Å². The Kier molecular flexibility index (Phi) is 8.50. The van der Waals surface area contributed by atoms with Crippen molar-refractivity contribution in [3.8, 4) is 17.0 Å². The third-order valence-corrected chi connectivity index (χ3v) is 13.5. The molecule has 55 heavy (non-hydrogen) atoms. The molecule has 14 nitrogen and oxygen atoms in total. The number of hydrogen-bond donors (Lipinski definition) is 3. The summed E-state index contributed by atoms with van der Waals surface area (Å²) < 4.78 is 0. The van der Waals surface area contributed by atoms with E-state index in [-0.39, 0.29) is 24.5 Å². The summed E-state index contributed by atoms with van der Waals surface area (Å²) in [4.78, 5) is 61.9. The smallest absolute Gasteiger partial charge is 0.262 e. The van der Waals surface area contributed by atoms with Gasteiger partial charge in [-0.2, -0.15) is 0 Å². The van der Waals surface area contributed by atoms with Gasteiger partial charge in [-0.3, -0.25) is 39.2 Å². The van der Waals surface area contributed by atoms with Crippen LogP contribution in [0.4, 0.5) is 17.2 Å². The number of rotatable bonds is 7. The molecule has 1 aromatic heterocycles. The largest absolute Gasteiger partial charge is 0.507 e. The number of carbonyl (C=O) groups is 4. The lowest BCUT2D eigenvalue weighted by Gasteiger charge is -2.47. The topological polar surface area (TPSA) is 155 Å². The number of aromatic hydroxyl groups is 1. The van der Waals surface area contributed by atoms with E-state index >= 15 is 0 Å². The molecule has 6 aliphatic heterocycles. The van der Waals surface area contributed by atoms with Crippen LogP contribution in [0.25, 0.3) is 11.3 Å². The van der Waals surface area contributed by atoms with E-state index in [0.717, 1.165) is 92.6 Å². The number of nitrogens with one attached hydrogen (secondary N) is 2. The molecule has 0 radical (unpaired) electrons. The van der Waals surface area contributed by atoms with Gasteiger partial charge < -0.3 is 20.2 Å². The van der Waals surface area contributed by atoms with Gasteiger partial charge in [0.1, 0.15) is 11.8 Å². The summed E-state index contributed by atoms with van der Waals surface area (Å²) >= 11 is 0. The zero-order valence-electron chi connectivity index (χ0n) is 30.9. The lowest BCUT2D eigenvalue weighted by atomic mass is 9.91. The van der Waals surface area contributed by atoms with Gasteiger partial charge in [0.05, 0.1) is 28.6 Å². The number of para-hydroxylation sites is 1. The maximum atomic E-state index is 13.4. The molecule has 4 saturated heterocycles. The number of hydrogen-bond acceptors (Lipinski definition) is 12. The maximum Gasteiger partial charge on any atom is 0.262 e. The number of carbonyl (C=O) groups excluding carboxylic acids is 4. The molecule has 0 spiro atoms. The Labute approximate surface area is 319 Å². The predicted molar refractivity (Wildman–Crippen MR) is 205 cm³/mol. The summed E-state index contributed by atoms with van der Waals surface area (Å²) in [6.45, 7) is 9.20. The molecule has 1 aliphatic carbocycles. The fourth-order valence-corrected chi connectivity index (χ4v) is 10.6. The molecular formula is C41H47N9O5. The standard InChI is InChI=1S/C41H47N9O5/c51-36-4-2-1-3-31(36)33-18-35-38(45-44-33)42-19-29-23-46(13-14-49(29)35)21-25-15-28-16-26(25)22-48(28)20-24-9-11-47(12-10-24)27-5-6-30-32(17-27)41(55)50(40(30)54)34-7-8-37(52)43-39(34)53/h1-6,17-18,24-26,28-29,34,51H,7-16,19-23H2,(H,42,45)(H,43,52,53)/t25?,26?,28?,29-,34?/m0/s1. The minimum Gasteiger partial charge on any atom is -0.507 e. The number of anilines is 3. The number of piperazine rings is 1. The van der Waals surface area contributed by atoms with Gasteiger partial charge in [0, 0.05) is 82.6 Å². The van der Waals surface area contributed by atoms with Crippen LogP contribution in [0.5, 0.6) is 5.75 Å². The van der Waals surface area contributed by atoms with Gasteiger partial charge in [-0.25, -0.2) is 0 Å². The van der Waals surface area contributed by atoms with Crippen molar-refractivity contribution in [3.05, 3.63) is 59.7 Å². The van der Waals surface area contributed by atoms with Crippen molar-refractivity contribution < 1.29 is 24.3 Å². The van der Waals surface area contributed by atoms with Gasteiger partial charge in [0.25, 0.3) is 11.8 Å². The van der Waals surface area contributed by atoms with Crippen LogP contribution in [0.15, 0.2) is 48.5 Å². The van der Waals surface area contributed by atoms with Crippen LogP contribution in [0, 0.1) is 17.8 Å². The molecule has 3 N–H and O–H groups in total. The van der Waals surface area contributed by atoms with E-state index in [2.05, 4.69) is 46.5 Å². The van der Waals surface area contributed by atoms with Crippen molar-refractivity contribution in [3.63, 3.8) is 0 Å². The first-order chi connectivity index (χ1) is 26.8. The third-order valence-electron chi connectivity index (χ3n) is 13.5. The highest BCUT2D eigenvalue weighted by Crippen LogP contribution is 2.44. The number of imide groups is 2. The van der Waals surface area contributed by atoms with Crippen molar-refractivity contribution in [2.45, 2.75) is 56.7 Å². The molecule has 4 amide bonds. The van der Waals surface area contributed by atoms with Crippen molar-refractivity contribution in [2.75, 3.05) is 74.0 Å². The molecule has 2 aromatic carbocycles. The first-order valence-corrected chi connectivity index (χ1v) is 20.0. The molecule has 5 atom stereocenters. The van der Waals surface area contributed by atoms with Gasteiger partial charge in [0.15, 0.2) is 5.82 Å². The molecule has 7 aliphatic rings. The Balaban J connectivity index is 0.703. The molecular weight excluding hydrogens is 699 g/mol. The minimum atomic E-state index is -0.951. The fourth-order valence-electron chi connectivity index (χ4n) is 10.6. The number of fused-ring (bicyclic) bond motifs is 6. The summed E-state index contributed by atoms with van der Waals surface area (Å²) in [7, 11) is 0. The van der Waals surface area contributed by atoms with Crippen molar-refractivity contribution in [1.29, 1.82) is 0 Å². The van der Waals surface area contributed by atoms with Crippen LogP contribution in [0.2, 0.25) is 0 Å². The van der Waals surface area contributed by atoms with E-state index in [1.807, 2.05) is 30.3 Å². The summed E-state index contributed by atoms with van der Waals surface area (Å²) in [6.07, 6.45) is 5.04. The number of phenolic OH excluding ortho intramolecular Hbond substituents is 1. The Hall–Kier alpha value is -5.08. The van der Waals surface area contributed by atoms with E-state index < -0.39 is 23.8 Å². The van der Waals surface area contributed by atoms with E-state index in [1.54, 1.807) is 12.1 Å². The van der Waals surface area contributed by atoms with Gasteiger partial charge in [-0.05, 0) is 86.3 Å². The zero-order valence-corrected chi connectivity index (χ0v) is 30.9. The number of benzene rings is 2. The first-order valence-electron chi connectivity index (χ1n) is 20.0. The molecule has 10 rings (SSSR count). The Morgan fingerprint density at radius 3 is 2.44 bits per heavy atom. The molecule has 2 bridgehead atoms. The normalized spacial score (nSPS) is 28.3. The number of amides is 4. The van der Waals surface area contributed by atoms with Gasteiger partial charge in [0.2, 0.25) is 11.8 Å². The maximum absolute atomic E-state index is 13.4. The van der Waals surface area contributed by atoms with E-state index in [9.17, 15) is 24.3 Å². The van der Waals surface area contributed by atoms with Crippen molar-refractivity contribution in [1.82, 2.24) is 30.2 Å². The average Bonchev–Trinajstić information content (AvgIpc) is 3.85. The molecule has 7 heterocycles. The van der Waals surface area contributed by atoms with Crippen molar-refractivity contribution in [2.24, 2.45) is 17.8 Å². The number of nitrogens with zero attached hydrogens (tertiary/aromatic N) is 7. The third kappa shape index (κ3) is 6.10. The first kappa shape index (κ1) is 34.4. The second-order valence-corrected chi connectivity index (χ2v) is 16.7. The predicted octanol–water partition coefficient (Wildman–Crippen LogP) is 2.79. The van der Waals surface area contributed by atoms with Crippen LogP contribution in [0.3, 0.4) is 0 Å². The highest BCUT2D eigenvalue weighted by Gasteiger charge is 2.47. The summed E-state index contributed by atoms with van der Waals surface area (Å²) in [6, 6.07) is 14.9. The molecule has 5 fully saturated rings. The van der Waals surface area contributed by atoms with Gasteiger partial charge in [-0.1, -0.05) is 12.1 Å². The molecule has 14 heteroatoms. The van der Waals surface area contributed by atoms with Crippen LogP contribution >= 0.6 is 0 Å². The summed E-state index contributed by atoms with van der Waals surface area (Å²) in [5, 5.41) is 25.1. The molecule has 286 valence electrons. The monoisotopic (exact) mass is 745 g/mol. The van der Waals surface area contributed by atoms with E-state index in [1.165, 1.54) is 25.9 Å². The molecule has 3 aromatic rings. The van der Waals surface area contributed by atoms with Crippen LogP contribution < -0.4 is 20.4 Å². The SMILES string of the molecule is O=C1CCC(N2C(=O)c3ccc(N4CCC(CN5CC6CC5CC6CN5CCN6c7cc(-c8ccccc8O)nnc7NC[C@H]6C5)CC4)cc3C2=O)C(=O)N1. The van der Waals surface area contributed by atoms with Gasteiger partial charge in [-0.15, -0.1) is 10.2 Å². The van der Waals surface area contributed by atoms with E-state index in [4.69, 9.17) is 0 Å². The summed E-state index contributed by atoms with van der Waals surface area (Å²) in [5.74, 6) is 1.30. The number of piperidine rings is 3. The lowest BCUT2D eigenvalue weighted by molar-refractivity contribution is -0.136. The Bertz CT molecular complexity index is 2070. The fraction of sp³-hybridized carbons (Fsp3) is 0.512. The second kappa shape index (κ2) is 13.6. The number of phenols is 1. The van der Waals surface area contributed by atoms with Crippen LogP contribution in [-0.2, 0) is 9.59 Å². The Morgan fingerprint density at radius 1 is 0.800 bits per heavy atom. The minimum absolute atomic E-state index is 0.109.